The molecule has 19 heteroatoms. The van der Waals surface area contributed by atoms with E-state index in [4.69, 9.17) is 5.11 Å². The van der Waals surface area contributed by atoms with E-state index in [0.717, 1.165) is 41.3 Å². The molecular formula is C18H35N3O4S12. The smallest absolute Gasteiger partial charge is 0.280 e. The molecule has 0 bridgehead atoms. The number of hydrogen-bond donors (Lipinski definition) is 2. The topological polar surface area (TPSA) is 108 Å². The van der Waals surface area contributed by atoms with Crippen LogP contribution in [-0.4, -0.2) is 106 Å². The van der Waals surface area contributed by atoms with Crippen LogP contribution in [0.25, 0.3) is 0 Å². The fraction of sp³-hybridized carbons (Fsp3) is 0.833. The zero-order valence-corrected chi connectivity index (χ0v) is 30.3. The van der Waals surface area contributed by atoms with Crippen LogP contribution in [0.3, 0.4) is 0 Å². The van der Waals surface area contributed by atoms with Gasteiger partial charge in [0.25, 0.3) is 5.24 Å². The number of thioether (sulfide) groups is 10. The SMILES string of the molecule is CCSCN=CS(=O)CSCSCSCSCSC(=O)NCSCSCSCSCN=CS(=O)CCO. The second-order valence-electron chi connectivity index (χ2n) is 5.84. The van der Waals surface area contributed by atoms with E-state index in [0.29, 0.717) is 22.7 Å². The summed E-state index contributed by atoms with van der Waals surface area (Å²) in [6.07, 6.45) is 0. The van der Waals surface area contributed by atoms with Gasteiger partial charge in [-0.05, 0) is 5.75 Å². The summed E-state index contributed by atoms with van der Waals surface area (Å²) in [4.78, 5) is 20.1. The first-order valence-corrected chi connectivity index (χ1v) is 24.7. The van der Waals surface area contributed by atoms with Crippen LogP contribution in [0.4, 0.5) is 4.79 Å². The van der Waals surface area contributed by atoms with E-state index in [-0.39, 0.29) is 17.6 Å². The Morgan fingerprint density at radius 3 is 1.95 bits per heavy atom. The molecule has 7 nitrogen and oxygen atoms in total. The maximum atomic E-state index is 11.9. The van der Waals surface area contributed by atoms with Crippen LogP contribution in [0.5, 0.6) is 0 Å². The highest BCUT2D eigenvalue weighted by Crippen LogP contribution is 2.24. The van der Waals surface area contributed by atoms with Crippen molar-refractivity contribution in [2.75, 3.05) is 76.4 Å². The first kappa shape index (κ1) is 39.6. The predicted molar refractivity (Wildman–Crippen MR) is 194 cm³/mol. The first-order valence-electron chi connectivity index (χ1n) is 10.6. The number of aliphatic hydroxyl groups excluding tert-OH is 1. The third-order valence-corrected chi connectivity index (χ3v) is 16.9. The lowest BCUT2D eigenvalue weighted by atomic mass is 10.9. The summed E-state index contributed by atoms with van der Waals surface area (Å²) in [6, 6.07) is 0. The van der Waals surface area contributed by atoms with Gasteiger partial charge >= 0.3 is 0 Å². The molecule has 0 saturated carbocycles. The van der Waals surface area contributed by atoms with Crippen molar-refractivity contribution in [3.8, 4) is 0 Å². The van der Waals surface area contributed by atoms with Crippen LogP contribution in [0.2, 0.25) is 0 Å². The number of aliphatic hydroxyl groups is 1. The molecule has 2 N–H and O–H groups in total. The molecule has 2 unspecified atom stereocenters. The first-order chi connectivity index (χ1) is 18.1. The Morgan fingerprint density at radius 1 is 0.757 bits per heavy atom. The average molecular weight is 742 g/mol. The monoisotopic (exact) mass is 741 g/mol. The Balaban J connectivity index is 3.31. The molecule has 37 heavy (non-hydrogen) atoms. The van der Waals surface area contributed by atoms with Gasteiger partial charge < -0.3 is 10.4 Å². The zero-order chi connectivity index (χ0) is 27.2. The summed E-state index contributed by atoms with van der Waals surface area (Å²) < 4.78 is 23.0. The average Bonchev–Trinajstić information content (AvgIpc) is 2.88. The van der Waals surface area contributed by atoms with Crippen molar-refractivity contribution in [2.24, 2.45) is 9.98 Å². The molecule has 0 aromatic heterocycles. The summed E-state index contributed by atoms with van der Waals surface area (Å²) in [7, 11) is -2.14. The van der Waals surface area contributed by atoms with Crippen molar-refractivity contribution in [1.82, 2.24) is 5.32 Å². The predicted octanol–water partition coefficient (Wildman–Crippen LogP) is 6.13. The minimum absolute atomic E-state index is 0.0249. The van der Waals surface area contributed by atoms with Crippen LogP contribution >= 0.6 is 118 Å². The van der Waals surface area contributed by atoms with Crippen molar-refractivity contribution < 1.29 is 18.3 Å². The number of nitrogens with zero attached hydrogens (tertiary/aromatic N) is 2. The van der Waals surface area contributed by atoms with Gasteiger partial charge in [-0.2, -0.15) is 0 Å². The third-order valence-electron chi connectivity index (χ3n) is 3.00. The van der Waals surface area contributed by atoms with Crippen molar-refractivity contribution in [3.63, 3.8) is 0 Å². The van der Waals surface area contributed by atoms with Crippen LogP contribution < -0.4 is 5.32 Å². The van der Waals surface area contributed by atoms with Gasteiger partial charge in [0.15, 0.2) is 0 Å². The molecule has 1 amide bonds. The van der Waals surface area contributed by atoms with Crippen LogP contribution in [0.1, 0.15) is 6.92 Å². The molecule has 0 rings (SSSR count). The van der Waals surface area contributed by atoms with Crippen molar-refractivity contribution in [1.29, 1.82) is 0 Å². The van der Waals surface area contributed by atoms with E-state index >= 15 is 0 Å². The van der Waals surface area contributed by atoms with E-state index in [9.17, 15) is 13.2 Å². The molecule has 0 spiro atoms. The molecule has 0 aliphatic carbocycles. The van der Waals surface area contributed by atoms with Gasteiger partial charge in [-0.15, -0.1) is 106 Å². The Labute approximate surface area is 269 Å². The van der Waals surface area contributed by atoms with E-state index in [1.165, 1.54) is 17.3 Å². The van der Waals surface area contributed by atoms with Crippen LogP contribution in [0.15, 0.2) is 9.98 Å². The molecule has 0 aliphatic rings. The fourth-order valence-corrected chi connectivity index (χ4v) is 14.0. The molecule has 0 aromatic carbocycles. The van der Waals surface area contributed by atoms with Gasteiger partial charge in [0.1, 0.15) is 0 Å². The van der Waals surface area contributed by atoms with Crippen LogP contribution in [0, 0.1) is 0 Å². The minimum Gasteiger partial charge on any atom is -0.395 e. The second kappa shape index (κ2) is 33.1. The number of carbonyl (C=O) groups is 1. The summed E-state index contributed by atoms with van der Waals surface area (Å²) >= 11 is 17.2. The Hall–Kier alpha value is 2.57. The summed E-state index contributed by atoms with van der Waals surface area (Å²) in [5, 5.41) is 18.7. The largest absolute Gasteiger partial charge is 0.395 e. The Kier molecular flexibility index (Phi) is 35.4. The fourth-order valence-electron chi connectivity index (χ4n) is 1.57. The highest BCUT2D eigenvalue weighted by Gasteiger charge is 2.02. The maximum absolute atomic E-state index is 11.9. The molecule has 0 fully saturated rings. The number of amides is 1. The van der Waals surface area contributed by atoms with Gasteiger partial charge in [-0.3, -0.25) is 23.2 Å². The van der Waals surface area contributed by atoms with Crippen LogP contribution in [-0.2, 0) is 21.6 Å². The van der Waals surface area contributed by atoms with Gasteiger partial charge in [0.2, 0.25) is 0 Å². The molecule has 0 aromatic rings. The zero-order valence-electron chi connectivity index (χ0n) is 20.5. The molecule has 0 radical (unpaired) electrons. The molecule has 0 saturated heterocycles. The van der Waals surface area contributed by atoms with E-state index in [1.807, 2.05) is 47.0 Å². The number of aliphatic imine (C=N–C) groups is 2. The van der Waals surface area contributed by atoms with Crippen molar-refractivity contribution in [3.05, 3.63) is 0 Å². The summed E-state index contributed by atoms with van der Waals surface area (Å²) in [5.74, 6) is 3.17. The number of hydrogen-bond acceptors (Lipinski definition) is 16. The third kappa shape index (κ3) is 32.9. The van der Waals surface area contributed by atoms with E-state index < -0.39 is 21.6 Å². The maximum Gasteiger partial charge on any atom is 0.280 e. The van der Waals surface area contributed by atoms with E-state index in [1.54, 1.807) is 64.4 Å². The molecule has 2 atom stereocenters. The normalized spacial score (nSPS) is 13.5. The molecule has 218 valence electrons. The molecular weight excluding hydrogens is 707 g/mol. The minimum atomic E-state index is -1.16. The molecule has 0 heterocycles. The standard InChI is InChI=1S/C18H35N3O4S12/c1-2-26-5-19-9-37(25)17-34-15-32-13-31-14-33-16-35-18(23)21-7-28-11-30-12-29-10-27-6-20-8-36(24)4-3-22/h8-9,22H,2-7,10-17H2,1H3,(H,21,23). The summed E-state index contributed by atoms with van der Waals surface area (Å²) in [6.45, 7) is 2.00. The Bertz CT molecular complexity index is 649. The quantitative estimate of drug-likeness (QED) is 0.0437. The summed E-state index contributed by atoms with van der Waals surface area (Å²) in [5.41, 5.74) is 2.97. The van der Waals surface area contributed by atoms with Gasteiger partial charge in [-0.1, -0.05) is 18.7 Å². The lowest BCUT2D eigenvalue weighted by Crippen LogP contribution is -2.17. The van der Waals surface area contributed by atoms with Gasteiger partial charge in [0.05, 0.1) is 67.8 Å². The van der Waals surface area contributed by atoms with E-state index in [2.05, 4.69) is 22.2 Å². The Morgan fingerprint density at radius 2 is 1.30 bits per heavy atom. The highest BCUT2D eigenvalue weighted by molar-refractivity contribution is 8.30. The number of nitrogens with one attached hydrogen (secondary N) is 1. The number of carbonyl (C=O) groups excluding carboxylic acids is 1. The lowest BCUT2D eigenvalue weighted by Gasteiger charge is -2.05. The molecule has 0 aliphatic heterocycles. The van der Waals surface area contributed by atoms with Gasteiger partial charge in [0, 0.05) is 35.6 Å². The van der Waals surface area contributed by atoms with Gasteiger partial charge in [-0.25, -0.2) is 0 Å². The second-order valence-corrected chi connectivity index (χ2v) is 21.5. The lowest BCUT2D eigenvalue weighted by molar-refractivity contribution is 0.262. The number of rotatable bonds is 27. The van der Waals surface area contributed by atoms with Crippen molar-refractivity contribution >= 4 is 156 Å². The van der Waals surface area contributed by atoms with Crippen molar-refractivity contribution in [2.45, 2.75) is 6.92 Å². The highest BCUT2D eigenvalue weighted by atomic mass is 32.3.